The van der Waals surface area contributed by atoms with Gasteiger partial charge in [-0.15, -0.1) is 0 Å². The molecule has 0 saturated carbocycles. The van der Waals surface area contributed by atoms with Crippen molar-refractivity contribution < 1.29 is 9.90 Å². The van der Waals surface area contributed by atoms with Crippen LogP contribution in [0.1, 0.15) is 5.56 Å². The summed E-state index contributed by atoms with van der Waals surface area (Å²) in [4.78, 5) is 14.0. The Morgan fingerprint density at radius 3 is 2.92 bits per heavy atom. The summed E-state index contributed by atoms with van der Waals surface area (Å²) in [5, 5.41) is 8.74. The number of rotatable bonds is 2. The Morgan fingerprint density at radius 2 is 2.33 bits per heavy atom. The normalized spacial score (nSPS) is 9.75. The van der Waals surface area contributed by atoms with Gasteiger partial charge in [-0.3, -0.25) is 9.78 Å². The molecule has 64 valence electrons. The number of anilines is 1. The number of carboxylic acid groups (broad SMARTS) is 1. The fourth-order valence-electron chi connectivity index (χ4n) is 0.789. The highest BCUT2D eigenvalue weighted by Gasteiger charge is 2.07. The van der Waals surface area contributed by atoms with Gasteiger partial charge in [0, 0.05) is 18.0 Å². The number of hydrogen-bond donors (Lipinski definition) is 2. The van der Waals surface area contributed by atoms with Gasteiger partial charge in [-0.1, -0.05) is 11.6 Å². The van der Waals surface area contributed by atoms with Gasteiger partial charge in [-0.2, -0.15) is 0 Å². The van der Waals surface area contributed by atoms with Crippen LogP contribution in [0.25, 0.3) is 0 Å². The first-order chi connectivity index (χ1) is 5.61. The predicted octanol–water partition coefficient (Wildman–Crippen LogP) is 0.944. The Labute approximate surface area is 74.0 Å². The fraction of sp³-hybridized carbons (Fsp3) is 0.143. The zero-order chi connectivity index (χ0) is 9.14. The van der Waals surface area contributed by atoms with E-state index >= 15 is 0 Å². The highest BCUT2D eigenvalue weighted by Crippen LogP contribution is 2.20. The number of pyridine rings is 1. The number of aliphatic carboxylic acids is 1. The number of nitrogens with zero attached hydrogens (tertiary/aromatic N) is 1. The summed E-state index contributed by atoms with van der Waals surface area (Å²) in [5.74, 6) is -0.953. The molecule has 3 N–H and O–H groups in total. The molecule has 0 saturated heterocycles. The van der Waals surface area contributed by atoms with Crippen molar-refractivity contribution in [3.8, 4) is 0 Å². The molecule has 1 rings (SSSR count). The third kappa shape index (κ3) is 1.85. The number of carboxylic acids is 1. The quantitative estimate of drug-likeness (QED) is 0.721. The molecule has 5 heteroatoms. The van der Waals surface area contributed by atoms with E-state index in [-0.39, 0.29) is 17.1 Å². The second-order valence-electron chi connectivity index (χ2n) is 2.26. The lowest BCUT2D eigenvalue weighted by Gasteiger charge is -2.02. The highest BCUT2D eigenvalue weighted by atomic mass is 35.5. The third-order valence-corrected chi connectivity index (χ3v) is 1.66. The molecule has 0 unspecified atom stereocenters. The molecule has 0 fully saturated rings. The van der Waals surface area contributed by atoms with Crippen molar-refractivity contribution in [2.45, 2.75) is 6.42 Å². The molecule has 4 nitrogen and oxygen atoms in total. The molecule has 0 amide bonds. The Bertz CT molecular complexity index is 314. The number of aromatic nitrogens is 1. The van der Waals surface area contributed by atoms with Crippen LogP contribution in [0.4, 0.5) is 5.69 Å². The largest absolute Gasteiger partial charge is 0.481 e. The van der Waals surface area contributed by atoms with Crippen LogP contribution in [-0.4, -0.2) is 16.1 Å². The van der Waals surface area contributed by atoms with E-state index in [1.807, 2.05) is 0 Å². The molecule has 0 aromatic carbocycles. The lowest BCUT2D eigenvalue weighted by Crippen LogP contribution is -2.04. The Hall–Kier alpha value is -1.29. The average molecular weight is 187 g/mol. The van der Waals surface area contributed by atoms with E-state index in [1.165, 1.54) is 12.4 Å². The molecule has 0 radical (unpaired) electrons. The van der Waals surface area contributed by atoms with Crippen molar-refractivity contribution in [3.63, 3.8) is 0 Å². The van der Waals surface area contributed by atoms with E-state index in [0.717, 1.165) is 0 Å². The highest BCUT2D eigenvalue weighted by molar-refractivity contribution is 6.33. The molecule has 0 atom stereocenters. The van der Waals surface area contributed by atoms with E-state index in [1.54, 1.807) is 0 Å². The minimum absolute atomic E-state index is 0.153. The molecular formula is C7H7ClN2O2. The topological polar surface area (TPSA) is 76.2 Å². The fourth-order valence-corrected chi connectivity index (χ4v) is 0.967. The predicted molar refractivity (Wildman–Crippen MR) is 45.0 cm³/mol. The summed E-state index contributed by atoms with van der Waals surface area (Å²) in [6.07, 6.45) is 2.62. The Morgan fingerprint density at radius 1 is 1.67 bits per heavy atom. The molecule has 0 aliphatic rings. The number of halogens is 1. The minimum atomic E-state index is -0.953. The number of nitrogens with two attached hydrogens (primary N) is 1. The molecular weight excluding hydrogens is 180 g/mol. The summed E-state index contributed by atoms with van der Waals surface area (Å²) in [5.41, 5.74) is 6.22. The van der Waals surface area contributed by atoms with E-state index in [0.29, 0.717) is 5.56 Å². The zero-order valence-electron chi connectivity index (χ0n) is 6.12. The standard InChI is InChI=1S/C7H7ClN2O2/c8-5-3-10-2-4(7(5)9)1-6(11)12/h2-3H,1H2,(H2,9,10)(H,11,12). The van der Waals surface area contributed by atoms with Crippen LogP contribution in [0.2, 0.25) is 5.02 Å². The van der Waals surface area contributed by atoms with Crippen LogP contribution in [-0.2, 0) is 11.2 Å². The lowest BCUT2D eigenvalue weighted by molar-refractivity contribution is -0.136. The van der Waals surface area contributed by atoms with Gasteiger partial charge in [0.05, 0.1) is 17.1 Å². The first-order valence-corrected chi connectivity index (χ1v) is 3.58. The van der Waals surface area contributed by atoms with Crippen molar-refractivity contribution >= 4 is 23.3 Å². The van der Waals surface area contributed by atoms with E-state index in [4.69, 9.17) is 22.4 Å². The summed E-state index contributed by atoms with van der Waals surface area (Å²) < 4.78 is 0. The first-order valence-electron chi connectivity index (χ1n) is 3.21. The molecule has 0 bridgehead atoms. The maximum atomic E-state index is 10.3. The van der Waals surface area contributed by atoms with Crippen molar-refractivity contribution in [1.82, 2.24) is 4.98 Å². The smallest absolute Gasteiger partial charge is 0.307 e. The molecule has 1 heterocycles. The van der Waals surface area contributed by atoms with Gasteiger partial charge in [0.15, 0.2) is 0 Å². The van der Waals surface area contributed by atoms with Gasteiger partial charge in [-0.25, -0.2) is 0 Å². The second kappa shape index (κ2) is 3.40. The minimum Gasteiger partial charge on any atom is -0.481 e. The monoisotopic (exact) mass is 186 g/mol. The molecule has 0 aliphatic carbocycles. The number of hydrogen-bond acceptors (Lipinski definition) is 3. The van der Waals surface area contributed by atoms with Gasteiger partial charge in [0.25, 0.3) is 0 Å². The van der Waals surface area contributed by atoms with Crippen molar-refractivity contribution in [3.05, 3.63) is 23.0 Å². The summed E-state index contributed by atoms with van der Waals surface area (Å²) in [7, 11) is 0. The van der Waals surface area contributed by atoms with Crippen molar-refractivity contribution in [1.29, 1.82) is 0 Å². The molecule has 0 aliphatic heterocycles. The number of nitrogen functional groups attached to an aromatic ring is 1. The first kappa shape index (κ1) is 8.80. The second-order valence-corrected chi connectivity index (χ2v) is 2.67. The molecule has 1 aromatic heterocycles. The lowest BCUT2D eigenvalue weighted by atomic mass is 10.2. The van der Waals surface area contributed by atoms with Gasteiger partial charge < -0.3 is 10.8 Å². The molecule has 12 heavy (non-hydrogen) atoms. The summed E-state index contributed by atoms with van der Waals surface area (Å²) in [6, 6.07) is 0. The Kier molecular flexibility index (Phi) is 2.50. The third-order valence-electron chi connectivity index (χ3n) is 1.36. The van der Waals surface area contributed by atoms with Crippen molar-refractivity contribution in [2.24, 2.45) is 0 Å². The molecule has 0 spiro atoms. The van der Waals surface area contributed by atoms with Gasteiger partial charge in [0.1, 0.15) is 0 Å². The van der Waals surface area contributed by atoms with Gasteiger partial charge in [0.2, 0.25) is 0 Å². The summed E-state index contributed by atoms with van der Waals surface area (Å²) in [6.45, 7) is 0. The SMILES string of the molecule is Nc1c(Cl)cncc1CC(=O)O. The van der Waals surface area contributed by atoms with Crippen LogP contribution in [0.5, 0.6) is 0 Å². The summed E-state index contributed by atoms with van der Waals surface area (Å²) >= 11 is 5.62. The van der Waals surface area contributed by atoms with Crippen LogP contribution in [0.3, 0.4) is 0 Å². The van der Waals surface area contributed by atoms with E-state index in [9.17, 15) is 4.79 Å². The zero-order valence-corrected chi connectivity index (χ0v) is 6.88. The maximum absolute atomic E-state index is 10.3. The van der Waals surface area contributed by atoms with Crippen molar-refractivity contribution in [2.75, 3.05) is 5.73 Å². The van der Waals surface area contributed by atoms with Crippen LogP contribution >= 0.6 is 11.6 Å². The number of carbonyl (C=O) groups is 1. The maximum Gasteiger partial charge on any atom is 0.307 e. The average Bonchev–Trinajstić information content (AvgIpc) is 1.98. The van der Waals surface area contributed by atoms with Gasteiger partial charge in [-0.05, 0) is 0 Å². The Balaban J connectivity index is 3.00. The van der Waals surface area contributed by atoms with Gasteiger partial charge >= 0.3 is 5.97 Å². The molecule has 1 aromatic rings. The van der Waals surface area contributed by atoms with E-state index in [2.05, 4.69) is 4.98 Å². The van der Waals surface area contributed by atoms with Crippen LogP contribution < -0.4 is 5.73 Å². The van der Waals surface area contributed by atoms with E-state index < -0.39 is 5.97 Å². The van der Waals surface area contributed by atoms with Crippen LogP contribution in [0, 0.1) is 0 Å². The van der Waals surface area contributed by atoms with Crippen LogP contribution in [0.15, 0.2) is 12.4 Å².